The average molecular weight is 346 g/mol. The first-order chi connectivity index (χ1) is 10.6. The number of methoxy groups -OCH3 is 1. The summed E-state index contributed by atoms with van der Waals surface area (Å²) in [4.78, 5) is 22.9. The molecule has 8 heteroatoms. The summed E-state index contributed by atoms with van der Waals surface area (Å²) in [7, 11) is 1.44. The van der Waals surface area contributed by atoms with Crippen LogP contribution in [0.1, 0.15) is 20.8 Å². The van der Waals surface area contributed by atoms with Crippen molar-refractivity contribution in [2.45, 2.75) is 32.4 Å². The minimum Gasteiger partial charge on any atom is -0.493 e. The molecule has 128 valence electrons. The van der Waals surface area contributed by atoms with E-state index >= 15 is 0 Å². The zero-order valence-corrected chi connectivity index (χ0v) is 14.1. The molecule has 0 radical (unpaired) electrons. The fraction of sp³-hybridized carbons (Fsp3) is 0.467. The number of aliphatic carboxylic acids is 1. The topological polar surface area (TPSA) is 94.1 Å². The molecule has 0 saturated heterocycles. The number of carboxylic acids is 1. The van der Waals surface area contributed by atoms with Crippen LogP contribution in [0.5, 0.6) is 11.5 Å². The Bertz CT molecular complexity index is 570. The molecule has 2 N–H and O–H groups in total. The highest BCUT2D eigenvalue weighted by molar-refractivity contribution is 6.30. The lowest BCUT2D eigenvalue weighted by Gasteiger charge is -2.22. The molecule has 0 heterocycles. The number of rotatable bonds is 6. The standard InChI is InChI=1S/C15H20ClNO6/c1-15(2,3)23-14(20)17-10(13(18)19)8-22-11-6-5-9(16)7-12(11)21-4/h5-7,10H,8H2,1-4H3,(H,17,20)(H,18,19)/t10-/m1/s1. The summed E-state index contributed by atoms with van der Waals surface area (Å²) in [5.74, 6) is -0.572. The molecule has 1 rings (SSSR count). The van der Waals surface area contributed by atoms with E-state index in [2.05, 4.69) is 5.32 Å². The Balaban J connectivity index is 2.71. The Hall–Kier alpha value is -2.15. The summed E-state index contributed by atoms with van der Waals surface area (Å²) in [5.41, 5.74) is -0.729. The maximum Gasteiger partial charge on any atom is 0.408 e. The molecule has 1 aromatic rings. The van der Waals surface area contributed by atoms with E-state index in [9.17, 15) is 9.59 Å². The van der Waals surface area contributed by atoms with Crippen molar-refractivity contribution in [2.75, 3.05) is 13.7 Å². The number of ether oxygens (including phenoxy) is 3. The summed E-state index contributed by atoms with van der Waals surface area (Å²) in [6, 6.07) is 3.39. The Morgan fingerprint density at radius 2 is 1.96 bits per heavy atom. The maximum atomic E-state index is 11.7. The molecule has 0 saturated carbocycles. The van der Waals surface area contributed by atoms with Crippen molar-refractivity contribution in [3.63, 3.8) is 0 Å². The quantitative estimate of drug-likeness (QED) is 0.823. The van der Waals surface area contributed by atoms with Crippen LogP contribution in [0.2, 0.25) is 5.02 Å². The normalized spacial score (nSPS) is 12.2. The zero-order chi connectivity index (χ0) is 17.6. The largest absolute Gasteiger partial charge is 0.493 e. The van der Waals surface area contributed by atoms with Crippen molar-refractivity contribution in [1.29, 1.82) is 0 Å². The van der Waals surface area contributed by atoms with Crippen LogP contribution in [0.3, 0.4) is 0 Å². The molecule has 0 aliphatic heterocycles. The average Bonchev–Trinajstić information content (AvgIpc) is 2.41. The van der Waals surface area contributed by atoms with E-state index < -0.39 is 23.7 Å². The Morgan fingerprint density at radius 1 is 1.30 bits per heavy atom. The number of alkyl carbamates (subject to hydrolysis) is 1. The molecule has 0 bridgehead atoms. The molecule has 0 aliphatic rings. The SMILES string of the molecule is COc1cc(Cl)ccc1OC[C@@H](NC(=O)OC(C)(C)C)C(=O)O. The fourth-order valence-corrected chi connectivity index (χ4v) is 1.72. The van der Waals surface area contributed by atoms with Gasteiger partial charge >= 0.3 is 12.1 Å². The van der Waals surface area contributed by atoms with E-state index in [4.69, 9.17) is 30.9 Å². The van der Waals surface area contributed by atoms with Gasteiger partial charge in [-0.1, -0.05) is 11.6 Å². The van der Waals surface area contributed by atoms with Crippen LogP contribution in [0.25, 0.3) is 0 Å². The van der Waals surface area contributed by atoms with Crippen molar-refractivity contribution in [2.24, 2.45) is 0 Å². The molecular formula is C15H20ClNO6. The van der Waals surface area contributed by atoms with E-state index in [1.165, 1.54) is 13.2 Å². The van der Waals surface area contributed by atoms with Gasteiger partial charge < -0.3 is 24.6 Å². The highest BCUT2D eigenvalue weighted by atomic mass is 35.5. The van der Waals surface area contributed by atoms with Crippen molar-refractivity contribution < 1.29 is 28.9 Å². The van der Waals surface area contributed by atoms with Gasteiger partial charge in [0, 0.05) is 11.1 Å². The number of halogens is 1. The number of amides is 1. The van der Waals surface area contributed by atoms with E-state index in [0.717, 1.165) is 0 Å². The van der Waals surface area contributed by atoms with Crippen molar-refractivity contribution in [3.8, 4) is 11.5 Å². The van der Waals surface area contributed by atoms with Gasteiger partial charge in [-0.2, -0.15) is 0 Å². The Morgan fingerprint density at radius 3 is 2.48 bits per heavy atom. The number of carbonyl (C=O) groups is 2. The van der Waals surface area contributed by atoms with E-state index in [-0.39, 0.29) is 6.61 Å². The van der Waals surface area contributed by atoms with E-state index in [1.807, 2.05) is 0 Å². The number of carboxylic acid groups (broad SMARTS) is 1. The smallest absolute Gasteiger partial charge is 0.408 e. The molecule has 0 unspecified atom stereocenters. The van der Waals surface area contributed by atoms with Gasteiger partial charge in [0.2, 0.25) is 0 Å². The summed E-state index contributed by atoms with van der Waals surface area (Å²) in [6.45, 7) is 4.73. The first-order valence-corrected chi connectivity index (χ1v) is 7.19. The molecular weight excluding hydrogens is 326 g/mol. The number of nitrogens with one attached hydrogen (secondary N) is 1. The molecule has 1 atom stereocenters. The predicted octanol–water partition coefficient (Wildman–Crippen LogP) is 2.71. The molecule has 0 spiro atoms. The lowest BCUT2D eigenvalue weighted by Crippen LogP contribution is -2.46. The number of carbonyl (C=O) groups excluding carboxylic acids is 1. The third-order valence-corrected chi connectivity index (χ3v) is 2.76. The summed E-state index contributed by atoms with van der Waals surface area (Å²) in [6.07, 6.45) is -0.837. The van der Waals surface area contributed by atoms with Crippen LogP contribution in [-0.4, -0.2) is 42.5 Å². The number of benzene rings is 1. The van der Waals surface area contributed by atoms with Crippen LogP contribution in [0.4, 0.5) is 4.79 Å². The zero-order valence-electron chi connectivity index (χ0n) is 13.4. The minimum absolute atomic E-state index is 0.299. The van der Waals surface area contributed by atoms with Crippen LogP contribution >= 0.6 is 11.6 Å². The highest BCUT2D eigenvalue weighted by Gasteiger charge is 2.25. The fourth-order valence-electron chi connectivity index (χ4n) is 1.56. The predicted molar refractivity (Wildman–Crippen MR) is 84.3 cm³/mol. The third-order valence-electron chi connectivity index (χ3n) is 2.52. The lowest BCUT2D eigenvalue weighted by molar-refractivity contribution is -0.140. The van der Waals surface area contributed by atoms with E-state index in [0.29, 0.717) is 16.5 Å². The number of hydrogen-bond donors (Lipinski definition) is 2. The van der Waals surface area contributed by atoms with Crippen LogP contribution in [0.15, 0.2) is 18.2 Å². The molecule has 0 aliphatic carbocycles. The first-order valence-electron chi connectivity index (χ1n) is 6.81. The van der Waals surface area contributed by atoms with Crippen LogP contribution < -0.4 is 14.8 Å². The van der Waals surface area contributed by atoms with Crippen LogP contribution in [-0.2, 0) is 9.53 Å². The first kappa shape index (κ1) is 18.9. The van der Waals surface area contributed by atoms with E-state index in [1.54, 1.807) is 32.9 Å². The van der Waals surface area contributed by atoms with Crippen molar-refractivity contribution in [1.82, 2.24) is 5.32 Å². The Kier molecular flexibility index (Phi) is 6.50. The minimum atomic E-state index is -1.27. The third kappa shape index (κ3) is 6.65. The summed E-state index contributed by atoms with van der Waals surface area (Å²) >= 11 is 5.84. The second-order valence-electron chi connectivity index (χ2n) is 5.64. The molecule has 1 aromatic carbocycles. The monoisotopic (exact) mass is 345 g/mol. The molecule has 0 fully saturated rings. The highest BCUT2D eigenvalue weighted by Crippen LogP contribution is 2.30. The molecule has 1 amide bonds. The summed E-state index contributed by atoms with van der Waals surface area (Å²) < 4.78 is 15.5. The maximum absolute atomic E-state index is 11.7. The van der Waals surface area contributed by atoms with Gasteiger partial charge in [-0.25, -0.2) is 9.59 Å². The van der Waals surface area contributed by atoms with Gasteiger partial charge in [0.25, 0.3) is 0 Å². The van der Waals surface area contributed by atoms with Gasteiger partial charge in [0.1, 0.15) is 12.2 Å². The molecule has 0 aromatic heterocycles. The number of hydrogen-bond acceptors (Lipinski definition) is 5. The van der Waals surface area contributed by atoms with Gasteiger partial charge in [-0.3, -0.25) is 0 Å². The van der Waals surface area contributed by atoms with Crippen LogP contribution in [0, 0.1) is 0 Å². The van der Waals surface area contributed by atoms with Gasteiger partial charge in [0.15, 0.2) is 17.5 Å². The van der Waals surface area contributed by atoms with Gasteiger partial charge in [0.05, 0.1) is 7.11 Å². The lowest BCUT2D eigenvalue weighted by atomic mass is 10.2. The molecule has 23 heavy (non-hydrogen) atoms. The second-order valence-corrected chi connectivity index (χ2v) is 6.08. The van der Waals surface area contributed by atoms with Crippen molar-refractivity contribution in [3.05, 3.63) is 23.2 Å². The summed E-state index contributed by atoms with van der Waals surface area (Å²) in [5, 5.41) is 11.9. The van der Waals surface area contributed by atoms with Gasteiger partial charge in [-0.15, -0.1) is 0 Å². The van der Waals surface area contributed by atoms with Crippen molar-refractivity contribution >= 4 is 23.7 Å². The second kappa shape index (κ2) is 7.92. The Labute approximate surface area is 139 Å². The van der Waals surface area contributed by atoms with Gasteiger partial charge in [-0.05, 0) is 32.9 Å². The molecule has 7 nitrogen and oxygen atoms in total.